The molecule has 0 radical (unpaired) electrons. The van der Waals surface area contributed by atoms with Gasteiger partial charge in [-0.1, -0.05) is 30.3 Å². The van der Waals surface area contributed by atoms with Crippen LogP contribution in [-0.4, -0.2) is 19.2 Å². The van der Waals surface area contributed by atoms with Gasteiger partial charge in [0.05, 0.1) is 0 Å². The third kappa shape index (κ3) is 4.23. The Morgan fingerprint density at radius 2 is 1.62 bits per heavy atom. The normalized spacial score (nSPS) is 17.6. The zero-order valence-electron chi connectivity index (χ0n) is 12.1. The molecule has 1 N–H and O–H groups in total. The maximum Gasteiger partial charge on any atom is 0.120 e. The molecule has 1 atom stereocenters. The van der Waals surface area contributed by atoms with Gasteiger partial charge in [0.15, 0.2) is 0 Å². The van der Waals surface area contributed by atoms with E-state index in [0.29, 0.717) is 12.6 Å². The Balaban J connectivity index is 1.47. The van der Waals surface area contributed by atoms with Gasteiger partial charge in [0.1, 0.15) is 24.7 Å². The molecule has 0 amide bonds. The van der Waals surface area contributed by atoms with Crippen LogP contribution in [0.2, 0.25) is 0 Å². The summed E-state index contributed by atoms with van der Waals surface area (Å²) in [5.41, 5.74) is 1.17. The Morgan fingerprint density at radius 1 is 0.905 bits per heavy atom. The summed E-state index contributed by atoms with van der Waals surface area (Å²) in [6.07, 6.45) is 2.46. The van der Waals surface area contributed by atoms with Crippen LogP contribution in [0.5, 0.6) is 11.5 Å². The Kier molecular flexibility index (Phi) is 4.74. The van der Waals surface area contributed by atoms with E-state index in [9.17, 15) is 0 Å². The molecule has 3 heteroatoms. The highest BCUT2D eigenvalue weighted by Crippen LogP contribution is 2.19. The predicted molar refractivity (Wildman–Crippen MR) is 83.7 cm³/mol. The molecular formula is C18H21NO2. The molecule has 3 rings (SSSR count). The van der Waals surface area contributed by atoms with Gasteiger partial charge in [-0.2, -0.15) is 0 Å². The zero-order chi connectivity index (χ0) is 14.3. The molecule has 21 heavy (non-hydrogen) atoms. The molecule has 2 aromatic rings. The molecule has 0 unspecified atom stereocenters. The van der Waals surface area contributed by atoms with Crippen LogP contribution in [0.15, 0.2) is 54.6 Å². The maximum atomic E-state index is 5.79. The molecule has 0 bridgehead atoms. The third-order valence-corrected chi connectivity index (χ3v) is 3.69. The molecule has 1 aliphatic heterocycles. The van der Waals surface area contributed by atoms with Crippen LogP contribution in [0.4, 0.5) is 0 Å². The number of rotatable bonds is 6. The van der Waals surface area contributed by atoms with Crippen molar-refractivity contribution in [2.45, 2.75) is 25.5 Å². The summed E-state index contributed by atoms with van der Waals surface area (Å²) in [6.45, 7) is 2.44. The first-order valence-electron chi connectivity index (χ1n) is 7.53. The van der Waals surface area contributed by atoms with Gasteiger partial charge in [-0.05, 0) is 49.2 Å². The number of hydrogen-bond acceptors (Lipinski definition) is 3. The highest BCUT2D eigenvalue weighted by atomic mass is 16.5. The van der Waals surface area contributed by atoms with Crippen molar-refractivity contribution in [3.8, 4) is 11.5 Å². The second-order valence-electron chi connectivity index (χ2n) is 5.35. The number of nitrogens with one attached hydrogen (secondary N) is 1. The fraction of sp³-hybridized carbons (Fsp3) is 0.333. The van der Waals surface area contributed by atoms with Gasteiger partial charge in [-0.25, -0.2) is 0 Å². The molecule has 0 aromatic heterocycles. The van der Waals surface area contributed by atoms with Gasteiger partial charge in [0, 0.05) is 6.04 Å². The minimum atomic E-state index is 0.499. The van der Waals surface area contributed by atoms with E-state index in [-0.39, 0.29) is 0 Å². The first kappa shape index (κ1) is 14.0. The molecule has 1 heterocycles. The lowest BCUT2D eigenvalue weighted by Crippen LogP contribution is -2.28. The second-order valence-corrected chi connectivity index (χ2v) is 5.35. The van der Waals surface area contributed by atoms with E-state index in [0.717, 1.165) is 24.7 Å². The van der Waals surface area contributed by atoms with Gasteiger partial charge in [0.2, 0.25) is 0 Å². The first-order valence-corrected chi connectivity index (χ1v) is 7.53. The fourth-order valence-corrected chi connectivity index (χ4v) is 2.47. The molecule has 1 saturated heterocycles. The largest absolute Gasteiger partial charge is 0.492 e. The minimum Gasteiger partial charge on any atom is -0.492 e. The summed E-state index contributed by atoms with van der Waals surface area (Å²) >= 11 is 0. The van der Waals surface area contributed by atoms with Crippen LogP contribution in [0.1, 0.15) is 18.4 Å². The smallest absolute Gasteiger partial charge is 0.120 e. The third-order valence-electron chi connectivity index (χ3n) is 3.69. The predicted octanol–water partition coefficient (Wildman–Crippen LogP) is 3.40. The minimum absolute atomic E-state index is 0.499. The van der Waals surface area contributed by atoms with Crippen LogP contribution >= 0.6 is 0 Å². The van der Waals surface area contributed by atoms with Crippen molar-refractivity contribution in [3.05, 3.63) is 60.2 Å². The van der Waals surface area contributed by atoms with E-state index in [4.69, 9.17) is 9.47 Å². The molecule has 0 saturated carbocycles. The average molecular weight is 283 g/mol. The van der Waals surface area contributed by atoms with Crippen LogP contribution in [0, 0.1) is 0 Å². The van der Waals surface area contributed by atoms with Gasteiger partial charge in [0.25, 0.3) is 0 Å². The Bertz CT molecular complexity index is 533. The van der Waals surface area contributed by atoms with E-state index in [1.807, 2.05) is 42.5 Å². The summed E-state index contributed by atoms with van der Waals surface area (Å²) < 4.78 is 11.5. The lowest BCUT2D eigenvalue weighted by atomic mass is 10.2. The van der Waals surface area contributed by atoms with Gasteiger partial charge >= 0.3 is 0 Å². The molecule has 3 nitrogen and oxygen atoms in total. The molecular weight excluding hydrogens is 262 g/mol. The van der Waals surface area contributed by atoms with Crippen LogP contribution in [-0.2, 0) is 6.61 Å². The Hall–Kier alpha value is -2.00. The van der Waals surface area contributed by atoms with E-state index in [2.05, 4.69) is 17.4 Å². The van der Waals surface area contributed by atoms with E-state index in [1.54, 1.807) is 0 Å². The number of ether oxygens (including phenoxy) is 2. The van der Waals surface area contributed by atoms with Crippen molar-refractivity contribution in [2.75, 3.05) is 13.2 Å². The van der Waals surface area contributed by atoms with Gasteiger partial charge in [-0.3, -0.25) is 0 Å². The fourth-order valence-electron chi connectivity index (χ4n) is 2.47. The van der Waals surface area contributed by atoms with E-state index >= 15 is 0 Å². The quantitative estimate of drug-likeness (QED) is 0.881. The van der Waals surface area contributed by atoms with Crippen molar-refractivity contribution in [3.63, 3.8) is 0 Å². The van der Waals surface area contributed by atoms with E-state index < -0.39 is 0 Å². The van der Waals surface area contributed by atoms with Gasteiger partial charge in [-0.15, -0.1) is 0 Å². The topological polar surface area (TPSA) is 30.5 Å². The number of benzene rings is 2. The van der Waals surface area contributed by atoms with Crippen LogP contribution < -0.4 is 14.8 Å². The summed E-state index contributed by atoms with van der Waals surface area (Å²) in [4.78, 5) is 0. The standard InChI is InChI=1S/C18H21NO2/c1-2-5-15(6-3-1)13-20-17-8-10-18(11-9-17)21-14-16-7-4-12-19-16/h1-3,5-6,8-11,16,19H,4,7,12-14H2/t16-/m1/s1. The van der Waals surface area contributed by atoms with Crippen LogP contribution in [0.25, 0.3) is 0 Å². The monoisotopic (exact) mass is 283 g/mol. The highest BCUT2D eigenvalue weighted by Gasteiger charge is 2.14. The Morgan fingerprint density at radius 3 is 2.29 bits per heavy atom. The first-order chi connectivity index (χ1) is 10.4. The number of hydrogen-bond donors (Lipinski definition) is 1. The van der Waals surface area contributed by atoms with Gasteiger partial charge < -0.3 is 14.8 Å². The molecule has 1 fully saturated rings. The van der Waals surface area contributed by atoms with Crippen molar-refractivity contribution >= 4 is 0 Å². The summed E-state index contributed by atoms with van der Waals surface area (Å²) in [5.74, 6) is 1.76. The lowest BCUT2D eigenvalue weighted by molar-refractivity contribution is 0.275. The maximum absolute atomic E-state index is 5.79. The zero-order valence-corrected chi connectivity index (χ0v) is 12.1. The average Bonchev–Trinajstić information content (AvgIpc) is 3.06. The SMILES string of the molecule is c1ccc(COc2ccc(OC[C@H]3CCCN3)cc2)cc1. The van der Waals surface area contributed by atoms with Crippen molar-refractivity contribution in [2.24, 2.45) is 0 Å². The van der Waals surface area contributed by atoms with Crippen molar-refractivity contribution in [1.82, 2.24) is 5.32 Å². The molecule has 1 aliphatic rings. The summed E-state index contributed by atoms with van der Waals surface area (Å²) in [5, 5.41) is 3.43. The highest BCUT2D eigenvalue weighted by molar-refractivity contribution is 5.31. The lowest BCUT2D eigenvalue weighted by Gasteiger charge is -2.12. The molecule has 110 valence electrons. The summed E-state index contributed by atoms with van der Waals surface area (Å²) in [6, 6.07) is 18.5. The van der Waals surface area contributed by atoms with Crippen LogP contribution in [0.3, 0.4) is 0 Å². The van der Waals surface area contributed by atoms with Crippen molar-refractivity contribution < 1.29 is 9.47 Å². The Labute approximate surface area is 125 Å². The van der Waals surface area contributed by atoms with Crippen molar-refractivity contribution in [1.29, 1.82) is 0 Å². The van der Waals surface area contributed by atoms with E-state index in [1.165, 1.54) is 18.4 Å². The molecule has 0 spiro atoms. The second kappa shape index (κ2) is 7.14. The molecule has 2 aromatic carbocycles. The summed E-state index contributed by atoms with van der Waals surface area (Å²) in [7, 11) is 0. The molecule has 0 aliphatic carbocycles.